The number of ether oxygens (including phenoxy) is 1. The van der Waals surface area contributed by atoms with Crippen molar-refractivity contribution in [3.8, 4) is 0 Å². The first-order valence-electron chi connectivity index (χ1n) is 6.31. The van der Waals surface area contributed by atoms with Crippen LogP contribution in [0.25, 0.3) is 0 Å². The minimum Gasteiger partial charge on any atom is -0.481 e. The molecule has 0 aromatic carbocycles. The zero-order chi connectivity index (χ0) is 13.1. The summed E-state index contributed by atoms with van der Waals surface area (Å²) >= 11 is 0. The predicted octanol–water partition coefficient (Wildman–Crippen LogP) is 3.10. The lowest BCUT2D eigenvalue weighted by Gasteiger charge is -2.40. The van der Waals surface area contributed by atoms with Crippen molar-refractivity contribution < 1.29 is 14.6 Å². The van der Waals surface area contributed by atoms with Gasteiger partial charge >= 0.3 is 5.97 Å². The lowest BCUT2D eigenvalue weighted by atomic mass is 9.68. The molecule has 0 aromatic heterocycles. The number of aliphatic carboxylic acids is 1. The minimum absolute atomic E-state index is 0.163. The molecule has 1 aliphatic carbocycles. The van der Waals surface area contributed by atoms with Crippen molar-refractivity contribution in [1.29, 1.82) is 0 Å². The Morgan fingerprint density at radius 2 is 2.12 bits per heavy atom. The normalized spacial score (nSPS) is 29.9. The molecule has 3 atom stereocenters. The average molecular weight is 240 g/mol. The summed E-state index contributed by atoms with van der Waals surface area (Å²) in [5.41, 5.74) is 0.221. The molecule has 0 spiro atoms. The van der Waals surface area contributed by atoms with Crippen LogP contribution >= 0.6 is 0 Å². The fraction of sp³-hybridized carbons (Fsp3) is 0.786. The lowest BCUT2D eigenvalue weighted by Crippen LogP contribution is -2.40. The Morgan fingerprint density at radius 3 is 2.59 bits per heavy atom. The zero-order valence-corrected chi connectivity index (χ0v) is 11.1. The molecule has 0 bridgehead atoms. The van der Waals surface area contributed by atoms with E-state index in [1.54, 1.807) is 6.08 Å². The molecular weight excluding hydrogens is 216 g/mol. The molecule has 1 saturated carbocycles. The molecule has 1 aliphatic rings. The molecule has 3 nitrogen and oxygen atoms in total. The highest BCUT2D eigenvalue weighted by molar-refractivity contribution is 5.70. The van der Waals surface area contributed by atoms with E-state index in [0.29, 0.717) is 12.5 Å². The fourth-order valence-corrected chi connectivity index (χ4v) is 2.57. The first-order valence-corrected chi connectivity index (χ1v) is 6.31. The van der Waals surface area contributed by atoms with Crippen LogP contribution < -0.4 is 0 Å². The topological polar surface area (TPSA) is 46.5 Å². The molecule has 1 fully saturated rings. The molecule has 98 valence electrons. The highest BCUT2D eigenvalue weighted by Gasteiger charge is 2.39. The fourth-order valence-electron chi connectivity index (χ4n) is 2.57. The zero-order valence-electron chi connectivity index (χ0n) is 11.1. The van der Waals surface area contributed by atoms with Gasteiger partial charge in [0, 0.05) is 0 Å². The number of carbonyl (C=O) groups is 1. The number of hydrogen-bond acceptors (Lipinski definition) is 2. The predicted molar refractivity (Wildman–Crippen MR) is 67.9 cm³/mol. The third-order valence-electron chi connectivity index (χ3n) is 3.76. The van der Waals surface area contributed by atoms with Crippen LogP contribution in [0, 0.1) is 17.3 Å². The maximum atomic E-state index is 11.2. The molecule has 3 heteroatoms. The number of carboxylic acids is 1. The van der Waals surface area contributed by atoms with Crippen LogP contribution in [-0.2, 0) is 9.53 Å². The van der Waals surface area contributed by atoms with Crippen molar-refractivity contribution in [2.75, 3.05) is 6.61 Å². The van der Waals surface area contributed by atoms with Gasteiger partial charge in [-0.3, -0.25) is 4.79 Å². The van der Waals surface area contributed by atoms with Gasteiger partial charge in [0.2, 0.25) is 0 Å². The monoisotopic (exact) mass is 240 g/mol. The largest absolute Gasteiger partial charge is 0.481 e. The molecule has 3 unspecified atom stereocenters. The summed E-state index contributed by atoms with van der Waals surface area (Å²) in [6.07, 6.45) is 4.06. The first-order chi connectivity index (χ1) is 7.86. The molecule has 0 saturated heterocycles. The number of rotatable bonds is 4. The van der Waals surface area contributed by atoms with Gasteiger partial charge in [-0.2, -0.15) is 0 Å². The van der Waals surface area contributed by atoms with Crippen molar-refractivity contribution in [2.24, 2.45) is 17.3 Å². The van der Waals surface area contributed by atoms with E-state index in [4.69, 9.17) is 4.74 Å². The van der Waals surface area contributed by atoms with Crippen LogP contribution in [0.2, 0.25) is 0 Å². The third-order valence-corrected chi connectivity index (χ3v) is 3.76. The van der Waals surface area contributed by atoms with Crippen LogP contribution in [0.4, 0.5) is 0 Å². The van der Waals surface area contributed by atoms with E-state index >= 15 is 0 Å². The quantitative estimate of drug-likeness (QED) is 0.768. The second-order valence-electron chi connectivity index (χ2n) is 5.98. The van der Waals surface area contributed by atoms with Gasteiger partial charge in [-0.1, -0.05) is 26.8 Å². The van der Waals surface area contributed by atoms with Gasteiger partial charge in [0.05, 0.1) is 18.6 Å². The van der Waals surface area contributed by atoms with Gasteiger partial charge in [-0.25, -0.2) is 0 Å². The van der Waals surface area contributed by atoms with Crippen LogP contribution in [-0.4, -0.2) is 23.8 Å². The van der Waals surface area contributed by atoms with Crippen molar-refractivity contribution >= 4 is 5.97 Å². The number of hydrogen-bond donors (Lipinski definition) is 1. The maximum absolute atomic E-state index is 11.2. The van der Waals surface area contributed by atoms with Gasteiger partial charge in [-0.15, -0.1) is 6.58 Å². The molecular formula is C14H24O3. The van der Waals surface area contributed by atoms with Gasteiger partial charge in [-0.05, 0) is 30.6 Å². The third kappa shape index (κ3) is 3.84. The Labute approximate surface area is 104 Å². The molecule has 0 amide bonds. The van der Waals surface area contributed by atoms with E-state index in [1.807, 2.05) is 0 Å². The van der Waals surface area contributed by atoms with E-state index in [9.17, 15) is 9.90 Å². The summed E-state index contributed by atoms with van der Waals surface area (Å²) in [6.45, 7) is 10.7. The van der Waals surface area contributed by atoms with E-state index in [1.165, 1.54) is 0 Å². The van der Waals surface area contributed by atoms with Crippen molar-refractivity contribution in [1.82, 2.24) is 0 Å². The lowest BCUT2D eigenvalue weighted by molar-refractivity contribution is -0.151. The van der Waals surface area contributed by atoms with E-state index in [0.717, 1.165) is 19.3 Å². The van der Waals surface area contributed by atoms with E-state index in [-0.39, 0.29) is 17.4 Å². The average Bonchev–Trinajstić information content (AvgIpc) is 2.24. The molecule has 1 rings (SSSR count). The molecule has 17 heavy (non-hydrogen) atoms. The van der Waals surface area contributed by atoms with Crippen molar-refractivity contribution in [2.45, 2.75) is 46.1 Å². The highest BCUT2D eigenvalue weighted by Crippen LogP contribution is 2.41. The van der Waals surface area contributed by atoms with Crippen molar-refractivity contribution in [3.63, 3.8) is 0 Å². The van der Waals surface area contributed by atoms with Crippen LogP contribution in [0.1, 0.15) is 40.0 Å². The van der Waals surface area contributed by atoms with Crippen LogP contribution in [0.5, 0.6) is 0 Å². The first kappa shape index (κ1) is 14.2. The molecule has 0 radical (unpaired) electrons. The SMILES string of the molecule is C=CCOC1CC(C(C)(C)C)CCC1C(=O)O. The Bertz CT molecular complexity index is 278. The Morgan fingerprint density at radius 1 is 1.47 bits per heavy atom. The summed E-state index contributed by atoms with van der Waals surface area (Å²) in [4.78, 5) is 11.2. The van der Waals surface area contributed by atoms with Crippen molar-refractivity contribution in [3.05, 3.63) is 12.7 Å². The van der Waals surface area contributed by atoms with Gasteiger partial charge in [0.1, 0.15) is 0 Å². The smallest absolute Gasteiger partial charge is 0.309 e. The van der Waals surface area contributed by atoms with Gasteiger partial charge in [0.15, 0.2) is 0 Å². The molecule has 0 heterocycles. The molecule has 1 N–H and O–H groups in total. The van der Waals surface area contributed by atoms with Gasteiger partial charge in [0.25, 0.3) is 0 Å². The van der Waals surface area contributed by atoms with Crippen LogP contribution in [0.3, 0.4) is 0 Å². The standard InChI is InChI=1S/C14H24O3/c1-5-8-17-12-9-10(14(2,3)4)6-7-11(12)13(15)16/h5,10-12H,1,6-9H2,2-4H3,(H,15,16). The second kappa shape index (κ2) is 5.67. The maximum Gasteiger partial charge on any atom is 0.309 e. The highest BCUT2D eigenvalue weighted by atomic mass is 16.5. The Kier molecular flexibility index (Phi) is 4.75. The summed E-state index contributed by atoms with van der Waals surface area (Å²) in [5, 5.41) is 9.19. The summed E-state index contributed by atoms with van der Waals surface area (Å²) in [6, 6.07) is 0. The van der Waals surface area contributed by atoms with Crippen LogP contribution in [0.15, 0.2) is 12.7 Å². The minimum atomic E-state index is -0.730. The molecule has 0 aliphatic heterocycles. The second-order valence-corrected chi connectivity index (χ2v) is 5.98. The summed E-state index contributed by atoms with van der Waals surface area (Å²) in [5.74, 6) is -0.548. The molecule has 0 aromatic rings. The van der Waals surface area contributed by atoms with E-state index in [2.05, 4.69) is 27.4 Å². The van der Waals surface area contributed by atoms with E-state index < -0.39 is 5.97 Å². The summed E-state index contributed by atoms with van der Waals surface area (Å²) in [7, 11) is 0. The Hall–Kier alpha value is -0.830. The Balaban J connectivity index is 2.69. The summed E-state index contributed by atoms with van der Waals surface area (Å²) < 4.78 is 5.63. The van der Waals surface area contributed by atoms with Gasteiger partial charge < -0.3 is 9.84 Å². The number of carboxylic acid groups (broad SMARTS) is 1.